The Hall–Kier alpha value is -1.42. The highest BCUT2D eigenvalue weighted by Gasteiger charge is 2.12. The molecule has 4 heteroatoms. The summed E-state index contributed by atoms with van der Waals surface area (Å²) in [5.41, 5.74) is 8.05. The summed E-state index contributed by atoms with van der Waals surface area (Å²) in [7, 11) is 0. The largest absolute Gasteiger partial charge is 0.490 e. The Labute approximate surface area is 142 Å². The smallest absolute Gasteiger partial charge is 0.184 e. The highest BCUT2D eigenvalue weighted by molar-refractivity contribution is 5.62. The van der Waals surface area contributed by atoms with Crippen LogP contribution in [0.15, 0.2) is 12.1 Å². The topological polar surface area (TPSA) is 47.7 Å². The zero-order valence-electron chi connectivity index (χ0n) is 15.4. The van der Waals surface area contributed by atoms with E-state index in [1.807, 2.05) is 19.9 Å². The van der Waals surface area contributed by atoms with Gasteiger partial charge in [-0.1, -0.05) is 13.8 Å². The van der Waals surface area contributed by atoms with Crippen LogP contribution >= 0.6 is 0 Å². The normalized spacial score (nSPS) is 11.0. The second-order valence-electron chi connectivity index (χ2n) is 5.82. The maximum atomic E-state index is 6.15. The van der Waals surface area contributed by atoms with Crippen LogP contribution in [0.4, 0.5) is 5.69 Å². The van der Waals surface area contributed by atoms with E-state index in [9.17, 15) is 0 Å². The Balaban J connectivity index is 2.69. The number of nitrogens with two attached hydrogens (primary N) is 1. The van der Waals surface area contributed by atoms with Crippen LogP contribution in [-0.2, 0) is 6.42 Å². The van der Waals surface area contributed by atoms with Crippen molar-refractivity contribution in [2.45, 2.75) is 53.4 Å². The number of rotatable bonds is 12. The summed E-state index contributed by atoms with van der Waals surface area (Å²) in [5, 5.41) is 0. The quantitative estimate of drug-likeness (QED) is 0.588. The van der Waals surface area contributed by atoms with Crippen LogP contribution in [0, 0.1) is 0 Å². The van der Waals surface area contributed by atoms with Crippen LogP contribution in [0.1, 0.15) is 52.5 Å². The number of benzene rings is 1. The number of aryl methyl sites for hydroxylation is 1. The molecule has 1 aromatic rings. The lowest BCUT2D eigenvalue weighted by Gasteiger charge is -2.21. The molecule has 0 aliphatic heterocycles. The maximum absolute atomic E-state index is 6.15. The van der Waals surface area contributed by atoms with Crippen LogP contribution < -0.4 is 15.2 Å². The first-order valence-corrected chi connectivity index (χ1v) is 9.06. The van der Waals surface area contributed by atoms with Crippen molar-refractivity contribution in [3.63, 3.8) is 0 Å². The minimum Gasteiger partial charge on any atom is -0.490 e. The first kappa shape index (κ1) is 19.6. The van der Waals surface area contributed by atoms with Gasteiger partial charge in [0.1, 0.15) is 0 Å². The number of anilines is 1. The van der Waals surface area contributed by atoms with Gasteiger partial charge >= 0.3 is 0 Å². The van der Waals surface area contributed by atoms with Gasteiger partial charge in [0.25, 0.3) is 0 Å². The lowest BCUT2D eigenvalue weighted by Crippen LogP contribution is -2.26. The summed E-state index contributed by atoms with van der Waals surface area (Å²) in [6.45, 7) is 13.1. The molecule has 4 nitrogen and oxygen atoms in total. The van der Waals surface area contributed by atoms with Crippen molar-refractivity contribution in [2.24, 2.45) is 0 Å². The molecule has 132 valence electrons. The lowest BCUT2D eigenvalue weighted by molar-refractivity contribution is 0.271. The molecule has 1 rings (SSSR count). The Morgan fingerprint density at radius 3 is 2.13 bits per heavy atom. The summed E-state index contributed by atoms with van der Waals surface area (Å²) in [6, 6.07) is 4.10. The molecule has 1 aromatic carbocycles. The fraction of sp³-hybridized carbons (Fsp3) is 0.684. The second kappa shape index (κ2) is 11.2. The summed E-state index contributed by atoms with van der Waals surface area (Å²) in [6.07, 6.45) is 4.58. The molecule has 23 heavy (non-hydrogen) atoms. The molecular weight excluding hydrogens is 288 g/mol. The number of nitrogens with zero attached hydrogens (tertiary/aromatic N) is 1. The van der Waals surface area contributed by atoms with Gasteiger partial charge in [-0.05, 0) is 76.9 Å². The van der Waals surface area contributed by atoms with Crippen molar-refractivity contribution < 1.29 is 9.47 Å². The molecule has 2 N–H and O–H groups in total. The van der Waals surface area contributed by atoms with Gasteiger partial charge in [0.05, 0.1) is 18.9 Å². The van der Waals surface area contributed by atoms with Gasteiger partial charge in [-0.2, -0.15) is 0 Å². The molecule has 0 saturated heterocycles. The SMILES string of the molecule is CCCN(CCC)CCCc1cc(N)c(OCC)c(OCC)c1. The lowest BCUT2D eigenvalue weighted by atomic mass is 10.1. The molecular formula is C19H34N2O2. The van der Waals surface area contributed by atoms with E-state index in [0.29, 0.717) is 24.7 Å². The molecule has 0 amide bonds. The molecule has 0 spiro atoms. The van der Waals surface area contributed by atoms with Gasteiger partial charge in [-0.15, -0.1) is 0 Å². The Morgan fingerprint density at radius 1 is 0.913 bits per heavy atom. The molecule has 0 atom stereocenters. The van der Waals surface area contributed by atoms with Crippen LogP contribution in [-0.4, -0.2) is 37.7 Å². The van der Waals surface area contributed by atoms with Crippen molar-refractivity contribution in [2.75, 3.05) is 38.6 Å². The van der Waals surface area contributed by atoms with E-state index in [4.69, 9.17) is 15.2 Å². The highest BCUT2D eigenvalue weighted by Crippen LogP contribution is 2.35. The standard InChI is InChI=1S/C19H34N2O2/c1-5-11-21(12-6-2)13-9-10-16-14-17(20)19(23-8-4)18(15-16)22-7-3/h14-15H,5-13,20H2,1-4H3. The molecule has 0 unspecified atom stereocenters. The minimum atomic E-state index is 0.590. The molecule has 0 aliphatic carbocycles. The average Bonchev–Trinajstić information content (AvgIpc) is 2.51. The number of ether oxygens (including phenoxy) is 2. The van der Waals surface area contributed by atoms with E-state index in [1.54, 1.807) is 0 Å². The average molecular weight is 322 g/mol. The van der Waals surface area contributed by atoms with E-state index in [1.165, 1.54) is 31.5 Å². The van der Waals surface area contributed by atoms with Gasteiger partial charge in [0.15, 0.2) is 11.5 Å². The van der Waals surface area contributed by atoms with Crippen molar-refractivity contribution in [1.82, 2.24) is 4.90 Å². The molecule has 0 bridgehead atoms. The molecule has 0 aliphatic rings. The Morgan fingerprint density at radius 2 is 1.57 bits per heavy atom. The van der Waals surface area contributed by atoms with Crippen molar-refractivity contribution in [3.05, 3.63) is 17.7 Å². The molecule has 0 aromatic heterocycles. The van der Waals surface area contributed by atoms with Gasteiger partial charge in [0, 0.05) is 0 Å². The van der Waals surface area contributed by atoms with Crippen LogP contribution in [0.3, 0.4) is 0 Å². The van der Waals surface area contributed by atoms with E-state index < -0.39 is 0 Å². The number of nitrogen functional groups attached to an aromatic ring is 1. The summed E-state index contributed by atoms with van der Waals surface area (Å²) < 4.78 is 11.3. The maximum Gasteiger partial charge on any atom is 0.184 e. The summed E-state index contributed by atoms with van der Waals surface area (Å²) in [4.78, 5) is 2.54. The highest BCUT2D eigenvalue weighted by atomic mass is 16.5. The third-order valence-corrected chi connectivity index (χ3v) is 3.75. The third kappa shape index (κ3) is 6.69. The van der Waals surface area contributed by atoms with Gasteiger partial charge in [-0.3, -0.25) is 0 Å². The van der Waals surface area contributed by atoms with Crippen molar-refractivity contribution >= 4 is 5.69 Å². The molecule has 0 heterocycles. The summed E-state index contributed by atoms with van der Waals surface area (Å²) >= 11 is 0. The first-order valence-electron chi connectivity index (χ1n) is 9.06. The zero-order valence-corrected chi connectivity index (χ0v) is 15.4. The van der Waals surface area contributed by atoms with Crippen LogP contribution in [0.25, 0.3) is 0 Å². The first-order chi connectivity index (χ1) is 11.2. The molecule has 0 fully saturated rings. The molecule has 0 saturated carbocycles. The van der Waals surface area contributed by atoms with E-state index >= 15 is 0 Å². The fourth-order valence-corrected chi connectivity index (χ4v) is 2.86. The Bertz CT molecular complexity index is 443. The Kier molecular flexibility index (Phi) is 9.53. The van der Waals surface area contributed by atoms with Gasteiger partial charge in [0.2, 0.25) is 0 Å². The van der Waals surface area contributed by atoms with E-state index in [2.05, 4.69) is 24.8 Å². The predicted octanol–water partition coefficient (Wildman–Crippen LogP) is 4.12. The number of hydrogen-bond acceptors (Lipinski definition) is 4. The van der Waals surface area contributed by atoms with Crippen molar-refractivity contribution in [1.29, 1.82) is 0 Å². The van der Waals surface area contributed by atoms with Crippen molar-refractivity contribution in [3.8, 4) is 11.5 Å². The van der Waals surface area contributed by atoms with Crippen LogP contribution in [0.5, 0.6) is 11.5 Å². The van der Waals surface area contributed by atoms with Crippen LogP contribution in [0.2, 0.25) is 0 Å². The van der Waals surface area contributed by atoms with Gasteiger partial charge in [-0.25, -0.2) is 0 Å². The minimum absolute atomic E-state index is 0.590. The zero-order chi connectivity index (χ0) is 17.1. The van der Waals surface area contributed by atoms with E-state index in [-0.39, 0.29) is 0 Å². The van der Waals surface area contributed by atoms with Gasteiger partial charge < -0.3 is 20.1 Å². The monoisotopic (exact) mass is 322 g/mol. The fourth-order valence-electron chi connectivity index (χ4n) is 2.86. The molecule has 0 radical (unpaired) electrons. The van der Waals surface area contributed by atoms with E-state index in [0.717, 1.165) is 25.1 Å². The second-order valence-corrected chi connectivity index (χ2v) is 5.82. The summed E-state index contributed by atoms with van der Waals surface area (Å²) in [5.74, 6) is 1.44. The third-order valence-electron chi connectivity index (χ3n) is 3.75. The predicted molar refractivity (Wildman–Crippen MR) is 98.5 cm³/mol. The number of hydrogen-bond donors (Lipinski definition) is 1.